The van der Waals surface area contributed by atoms with Gasteiger partial charge < -0.3 is 4.74 Å². The highest BCUT2D eigenvalue weighted by molar-refractivity contribution is 7.89. The van der Waals surface area contributed by atoms with Crippen LogP contribution in [-0.2, 0) is 14.8 Å². The summed E-state index contributed by atoms with van der Waals surface area (Å²) in [6.45, 7) is 7.35. The summed E-state index contributed by atoms with van der Waals surface area (Å²) < 4.78 is 32.1. The number of hydrogen-bond donors (Lipinski definition) is 1. The number of carbonyl (C=O) groups is 1. The predicted octanol–water partition coefficient (Wildman–Crippen LogP) is 2.40. The van der Waals surface area contributed by atoms with Crippen LogP contribution in [0.3, 0.4) is 0 Å². The molecule has 1 N–H and O–H groups in total. The standard InChI is InChI=1S/C21H25N3O4S/c1-15-11-16(2)20(17(3)12-15)14-22-23-21(25)18-5-4-6-19(13-18)29(26,27)24-7-9-28-10-8-24/h4-6,11-14H,7-10H2,1-3H3,(H,23,25)/b22-14+. The van der Waals surface area contributed by atoms with Gasteiger partial charge in [0.05, 0.1) is 24.3 Å². The van der Waals surface area contributed by atoms with Crippen molar-refractivity contribution in [2.24, 2.45) is 5.10 Å². The number of amides is 1. The molecule has 1 fully saturated rings. The van der Waals surface area contributed by atoms with E-state index in [-0.39, 0.29) is 10.5 Å². The van der Waals surface area contributed by atoms with Crippen molar-refractivity contribution in [3.8, 4) is 0 Å². The lowest BCUT2D eigenvalue weighted by molar-refractivity contribution is 0.0730. The van der Waals surface area contributed by atoms with Crippen LogP contribution in [0.4, 0.5) is 0 Å². The first-order valence-electron chi connectivity index (χ1n) is 9.38. The van der Waals surface area contributed by atoms with Crippen molar-refractivity contribution in [1.82, 2.24) is 9.73 Å². The monoisotopic (exact) mass is 415 g/mol. The van der Waals surface area contributed by atoms with Crippen LogP contribution in [0.25, 0.3) is 0 Å². The van der Waals surface area contributed by atoms with E-state index in [1.165, 1.54) is 22.0 Å². The molecule has 1 aliphatic rings. The van der Waals surface area contributed by atoms with E-state index >= 15 is 0 Å². The number of nitrogens with one attached hydrogen (secondary N) is 1. The van der Waals surface area contributed by atoms with Gasteiger partial charge in [-0.25, -0.2) is 13.8 Å². The molecule has 0 unspecified atom stereocenters. The lowest BCUT2D eigenvalue weighted by Gasteiger charge is -2.26. The van der Waals surface area contributed by atoms with Crippen molar-refractivity contribution in [3.63, 3.8) is 0 Å². The number of hydrazone groups is 1. The molecule has 0 saturated carbocycles. The number of ether oxygens (including phenoxy) is 1. The van der Waals surface area contributed by atoms with E-state index in [1.807, 2.05) is 20.8 Å². The van der Waals surface area contributed by atoms with Crippen LogP contribution in [0.5, 0.6) is 0 Å². The van der Waals surface area contributed by atoms with Crippen LogP contribution in [0.15, 0.2) is 46.4 Å². The van der Waals surface area contributed by atoms with Crippen LogP contribution >= 0.6 is 0 Å². The number of benzene rings is 2. The molecule has 3 rings (SSSR count). The zero-order valence-electron chi connectivity index (χ0n) is 16.8. The van der Waals surface area contributed by atoms with Crippen molar-refractivity contribution in [2.75, 3.05) is 26.3 Å². The second kappa shape index (κ2) is 8.86. The van der Waals surface area contributed by atoms with Crippen LogP contribution < -0.4 is 5.43 Å². The molecule has 1 amide bonds. The fourth-order valence-corrected chi connectivity index (χ4v) is 4.80. The van der Waals surface area contributed by atoms with E-state index in [4.69, 9.17) is 4.74 Å². The van der Waals surface area contributed by atoms with Gasteiger partial charge in [-0.15, -0.1) is 0 Å². The molecule has 0 bridgehead atoms. The van der Waals surface area contributed by atoms with Gasteiger partial charge >= 0.3 is 0 Å². The van der Waals surface area contributed by atoms with Gasteiger partial charge in [-0.05, 0) is 50.1 Å². The number of carbonyl (C=O) groups excluding carboxylic acids is 1. The van der Waals surface area contributed by atoms with Crippen LogP contribution in [-0.4, -0.2) is 51.1 Å². The third-order valence-electron chi connectivity index (χ3n) is 4.80. The van der Waals surface area contributed by atoms with E-state index < -0.39 is 15.9 Å². The Bertz CT molecular complexity index is 1020. The van der Waals surface area contributed by atoms with Crippen molar-refractivity contribution in [2.45, 2.75) is 25.7 Å². The van der Waals surface area contributed by atoms with Gasteiger partial charge in [0.1, 0.15) is 0 Å². The maximum Gasteiger partial charge on any atom is 0.271 e. The first kappa shape index (κ1) is 21.2. The number of morpholine rings is 1. The van der Waals surface area contributed by atoms with Crippen molar-refractivity contribution in [3.05, 3.63) is 64.2 Å². The molecule has 1 aliphatic heterocycles. The Hall–Kier alpha value is -2.55. The molecule has 2 aromatic carbocycles. The minimum Gasteiger partial charge on any atom is -0.379 e. The smallest absolute Gasteiger partial charge is 0.271 e. The molecule has 1 saturated heterocycles. The molecule has 2 aromatic rings. The molecule has 7 nitrogen and oxygen atoms in total. The van der Waals surface area contributed by atoms with Crippen LogP contribution in [0, 0.1) is 20.8 Å². The lowest BCUT2D eigenvalue weighted by atomic mass is 10.0. The fraction of sp³-hybridized carbons (Fsp3) is 0.333. The molecular weight excluding hydrogens is 390 g/mol. The Labute approximate surface area is 171 Å². The first-order valence-corrected chi connectivity index (χ1v) is 10.8. The zero-order chi connectivity index (χ0) is 21.0. The summed E-state index contributed by atoms with van der Waals surface area (Å²) in [7, 11) is -3.66. The maximum atomic E-state index is 12.8. The second-order valence-electron chi connectivity index (χ2n) is 7.06. The molecule has 0 aliphatic carbocycles. The predicted molar refractivity (Wildman–Crippen MR) is 112 cm³/mol. The van der Waals surface area contributed by atoms with Gasteiger partial charge in [0.25, 0.3) is 5.91 Å². The molecular formula is C21H25N3O4S. The quantitative estimate of drug-likeness (QED) is 0.600. The first-order chi connectivity index (χ1) is 13.8. The third kappa shape index (κ3) is 4.90. The van der Waals surface area contributed by atoms with Gasteiger partial charge in [0.15, 0.2) is 0 Å². The SMILES string of the molecule is Cc1cc(C)c(/C=N/NC(=O)c2cccc(S(=O)(=O)N3CCOCC3)c2)c(C)c1. The Kier molecular flexibility index (Phi) is 6.46. The molecule has 1 heterocycles. The van der Waals surface area contributed by atoms with Crippen LogP contribution in [0.2, 0.25) is 0 Å². The summed E-state index contributed by atoms with van der Waals surface area (Å²) in [5.41, 5.74) is 6.95. The summed E-state index contributed by atoms with van der Waals surface area (Å²) in [5.74, 6) is -0.470. The van der Waals surface area contributed by atoms with E-state index in [1.54, 1.807) is 18.3 Å². The topological polar surface area (TPSA) is 88.1 Å². The van der Waals surface area contributed by atoms with E-state index in [9.17, 15) is 13.2 Å². The van der Waals surface area contributed by atoms with Gasteiger partial charge in [0, 0.05) is 24.2 Å². The highest BCUT2D eigenvalue weighted by Gasteiger charge is 2.26. The van der Waals surface area contributed by atoms with E-state index in [2.05, 4.69) is 22.7 Å². The molecule has 0 atom stereocenters. The van der Waals surface area contributed by atoms with E-state index in [0.29, 0.717) is 26.3 Å². The summed E-state index contributed by atoms with van der Waals surface area (Å²) >= 11 is 0. The van der Waals surface area contributed by atoms with E-state index in [0.717, 1.165) is 16.7 Å². The largest absolute Gasteiger partial charge is 0.379 e. The number of hydrogen-bond acceptors (Lipinski definition) is 5. The summed E-state index contributed by atoms with van der Waals surface area (Å²) in [5, 5.41) is 4.05. The normalized spacial score (nSPS) is 15.6. The Balaban J connectivity index is 1.75. The van der Waals surface area contributed by atoms with Crippen molar-refractivity contribution in [1.29, 1.82) is 0 Å². The Morgan fingerprint density at radius 1 is 1.10 bits per heavy atom. The minimum absolute atomic E-state index is 0.0845. The Morgan fingerprint density at radius 3 is 2.41 bits per heavy atom. The van der Waals surface area contributed by atoms with Crippen molar-refractivity contribution < 1.29 is 17.9 Å². The molecule has 0 radical (unpaired) electrons. The van der Waals surface area contributed by atoms with Gasteiger partial charge in [0.2, 0.25) is 10.0 Å². The number of aryl methyl sites for hydroxylation is 3. The average molecular weight is 416 g/mol. The van der Waals surface area contributed by atoms with Gasteiger partial charge in [-0.3, -0.25) is 4.79 Å². The maximum absolute atomic E-state index is 12.8. The molecule has 154 valence electrons. The second-order valence-corrected chi connectivity index (χ2v) is 8.99. The summed E-state index contributed by atoms with van der Waals surface area (Å²) in [4.78, 5) is 12.5. The zero-order valence-corrected chi connectivity index (χ0v) is 17.6. The van der Waals surface area contributed by atoms with Crippen LogP contribution in [0.1, 0.15) is 32.6 Å². The third-order valence-corrected chi connectivity index (χ3v) is 6.70. The molecule has 29 heavy (non-hydrogen) atoms. The summed E-state index contributed by atoms with van der Waals surface area (Å²) in [6, 6.07) is 10.1. The number of sulfonamides is 1. The Morgan fingerprint density at radius 2 is 1.76 bits per heavy atom. The van der Waals surface area contributed by atoms with Crippen molar-refractivity contribution >= 4 is 22.1 Å². The van der Waals surface area contributed by atoms with Gasteiger partial charge in [-0.1, -0.05) is 23.8 Å². The summed E-state index contributed by atoms with van der Waals surface area (Å²) in [6.07, 6.45) is 1.61. The highest BCUT2D eigenvalue weighted by Crippen LogP contribution is 2.18. The number of nitrogens with zero attached hydrogens (tertiary/aromatic N) is 2. The molecule has 8 heteroatoms. The van der Waals surface area contributed by atoms with Gasteiger partial charge in [-0.2, -0.15) is 9.41 Å². The average Bonchev–Trinajstić information content (AvgIpc) is 2.70. The molecule has 0 aromatic heterocycles. The molecule has 0 spiro atoms. The number of rotatable bonds is 5. The highest BCUT2D eigenvalue weighted by atomic mass is 32.2. The lowest BCUT2D eigenvalue weighted by Crippen LogP contribution is -2.40. The fourth-order valence-electron chi connectivity index (χ4n) is 3.35. The minimum atomic E-state index is -3.66.